The van der Waals surface area contributed by atoms with Crippen molar-refractivity contribution < 1.29 is 4.79 Å². The summed E-state index contributed by atoms with van der Waals surface area (Å²) >= 11 is 0. The van der Waals surface area contributed by atoms with Crippen molar-refractivity contribution >= 4 is 17.3 Å². The number of benzene rings is 1. The van der Waals surface area contributed by atoms with Crippen LogP contribution in [0.15, 0.2) is 12.7 Å². The third-order valence-electron chi connectivity index (χ3n) is 3.65. The molecule has 3 heteroatoms. The second kappa shape index (κ2) is 6.41. The molecule has 0 spiro atoms. The van der Waals surface area contributed by atoms with Gasteiger partial charge in [-0.25, -0.2) is 0 Å². The first kappa shape index (κ1) is 15.3. The quantitative estimate of drug-likeness (QED) is 0.628. The molecule has 0 radical (unpaired) electrons. The zero-order valence-corrected chi connectivity index (χ0v) is 12.4. The summed E-state index contributed by atoms with van der Waals surface area (Å²) in [5, 5.41) is 2.87. The first-order valence-corrected chi connectivity index (χ1v) is 6.81. The van der Waals surface area contributed by atoms with Crippen LogP contribution in [0.2, 0.25) is 0 Å². The van der Waals surface area contributed by atoms with Gasteiger partial charge in [-0.05, 0) is 55.0 Å². The summed E-state index contributed by atoms with van der Waals surface area (Å²) in [7, 11) is 0. The third kappa shape index (κ3) is 2.98. The number of hydrogen-bond acceptors (Lipinski definition) is 2. The Morgan fingerprint density at radius 1 is 1.26 bits per heavy atom. The van der Waals surface area contributed by atoms with Crippen molar-refractivity contribution in [1.29, 1.82) is 0 Å². The monoisotopic (exact) mass is 260 g/mol. The van der Waals surface area contributed by atoms with E-state index in [1.165, 1.54) is 17.2 Å². The first-order chi connectivity index (χ1) is 8.97. The molecule has 1 aromatic rings. The van der Waals surface area contributed by atoms with E-state index < -0.39 is 0 Å². The number of hydrogen-bond donors (Lipinski definition) is 2. The molecule has 104 valence electrons. The molecule has 1 amide bonds. The van der Waals surface area contributed by atoms with Crippen molar-refractivity contribution in [2.24, 2.45) is 0 Å². The summed E-state index contributed by atoms with van der Waals surface area (Å²) in [4.78, 5) is 11.6. The highest BCUT2D eigenvalue weighted by molar-refractivity contribution is 6.02. The van der Waals surface area contributed by atoms with Gasteiger partial charge in [0.1, 0.15) is 0 Å². The molecule has 0 saturated carbocycles. The minimum Gasteiger partial charge on any atom is -0.397 e. The van der Waals surface area contributed by atoms with E-state index in [0.29, 0.717) is 5.69 Å². The highest BCUT2D eigenvalue weighted by atomic mass is 16.1. The van der Waals surface area contributed by atoms with Crippen LogP contribution in [0.4, 0.5) is 11.4 Å². The maximum absolute atomic E-state index is 11.6. The topological polar surface area (TPSA) is 55.1 Å². The molecular formula is C16H24N2O. The number of amides is 1. The molecular weight excluding hydrogens is 236 g/mol. The molecule has 0 aliphatic heterocycles. The molecule has 0 unspecified atom stereocenters. The van der Waals surface area contributed by atoms with E-state index in [1.807, 2.05) is 0 Å². The van der Waals surface area contributed by atoms with E-state index in [4.69, 9.17) is 5.73 Å². The van der Waals surface area contributed by atoms with Gasteiger partial charge < -0.3 is 11.1 Å². The Morgan fingerprint density at radius 3 is 2.32 bits per heavy atom. The molecule has 1 rings (SSSR count). The van der Waals surface area contributed by atoms with Crippen molar-refractivity contribution in [2.45, 2.75) is 47.0 Å². The van der Waals surface area contributed by atoms with Gasteiger partial charge in [-0.1, -0.05) is 26.8 Å². The summed E-state index contributed by atoms with van der Waals surface area (Å²) in [5.41, 5.74) is 12.4. The fourth-order valence-corrected chi connectivity index (χ4v) is 2.49. The number of nitrogens with two attached hydrogens (primary N) is 1. The first-order valence-electron chi connectivity index (χ1n) is 6.81. The van der Waals surface area contributed by atoms with E-state index in [0.717, 1.165) is 36.1 Å². The molecule has 0 aliphatic carbocycles. The third-order valence-corrected chi connectivity index (χ3v) is 3.65. The van der Waals surface area contributed by atoms with Gasteiger partial charge in [0.15, 0.2) is 0 Å². The van der Waals surface area contributed by atoms with E-state index >= 15 is 0 Å². The number of carbonyl (C=O) groups excluding carboxylic acids is 1. The van der Waals surface area contributed by atoms with Gasteiger partial charge in [-0.15, -0.1) is 0 Å². The second-order valence-corrected chi connectivity index (χ2v) is 4.79. The molecule has 0 atom stereocenters. The van der Waals surface area contributed by atoms with Crippen LogP contribution < -0.4 is 11.1 Å². The average molecular weight is 260 g/mol. The Hall–Kier alpha value is -1.77. The Balaban J connectivity index is 3.50. The lowest BCUT2D eigenvalue weighted by atomic mass is 9.90. The molecule has 0 saturated heterocycles. The van der Waals surface area contributed by atoms with Gasteiger partial charge in [-0.3, -0.25) is 4.79 Å². The van der Waals surface area contributed by atoms with Crippen molar-refractivity contribution in [3.63, 3.8) is 0 Å². The summed E-state index contributed by atoms with van der Waals surface area (Å²) in [6, 6.07) is 0. The van der Waals surface area contributed by atoms with Crippen LogP contribution >= 0.6 is 0 Å². The lowest BCUT2D eigenvalue weighted by molar-refractivity contribution is -0.111. The van der Waals surface area contributed by atoms with E-state index in [-0.39, 0.29) is 5.91 Å². The molecule has 0 heterocycles. The standard InChI is InChI=1S/C16H24N2O/c1-6-9-13-11(5)10(4)12(7-2)15(17)16(13)18-14(19)8-3/h8H,3,6-7,9,17H2,1-2,4-5H3,(H,18,19). The van der Waals surface area contributed by atoms with Crippen molar-refractivity contribution in [3.8, 4) is 0 Å². The second-order valence-electron chi connectivity index (χ2n) is 4.79. The van der Waals surface area contributed by atoms with Gasteiger partial charge in [-0.2, -0.15) is 0 Å². The maximum Gasteiger partial charge on any atom is 0.247 e. The SMILES string of the molecule is C=CC(=O)Nc1c(N)c(CC)c(C)c(C)c1CCC. The van der Waals surface area contributed by atoms with Crippen LogP contribution in [-0.2, 0) is 17.6 Å². The highest BCUT2D eigenvalue weighted by Crippen LogP contribution is 2.35. The Bertz CT molecular complexity index is 504. The molecule has 0 fully saturated rings. The molecule has 0 aliphatic rings. The fourth-order valence-electron chi connectivity index (χ4n) is 2.49. The minimum absolute atomic E-state index is 0.214. The molecule has 0 aromatic heterocycles. The molecule has 19 heavy (non-hydrogen) atoms. The number of nitrogen functional groups attached to an aromatic ring is 1. The van der Waals surface area contributed by atoms with Gasteiger partial charge in [0.2, 0.25) is 5.91 Å². The zero-order valence-electron chi connectivity index (χ0n) is 12.4. The smallest absolute Gasteiger partial charge is 0.247 e. The molecule has 1 aromatic carbocycles. The Kier molecular flexibility index (Phi) is 5.16. The van der Waals surface area contributed by atoms with Crippen LogP contribution in [0.1, 0.15) is 42.5 Å². The Morgan fingerprint density at radius 2 is 1.84 bits per heavy atom. The molecule has 3 N–H and O–H groups in total. The van der Waals surface area contributed by atoms with Gasteiger partial charge >= 0.3 is 0 Å². The maximum atomic E-state index is 11.6. The lowest BCUT2D eigenvalue weighted by Crippen LogP contribution is -2.15. The average Bonchev–Trinajstić information content (AvgIpc) is 2.40. The van der Waals surface area contributed by atoms with Crippen LogP contribution in [0.25, 0.3) is 0 Å². The normalized spacial score (nSPS) is 10.3. The molecule has 3 nitrogen and oxygen atoms in total. The number of anilines is 2. The van der Waals surface area contributed by atoms with Crippen LogP contribution in [0.5, 0.6) is 0 Å². The number of carbonyl (C=O) groups is 1. The van der Waals surface area contributed by atoms with Crippen molar-refractivity contribution in [1.82, 2.24) is 0 Å². The molecule has 0 bridgehead atoms. The van der Waals surface area contributed by atoms with Crippen molar-refractivity contribution in [3.05, 3.63) is 34.9 Å². The van der Waals surface area contributed by atoms with Crippen LogP contribution in [0, 0.1) is 13.8 Å². The summed E-state index contributed by atoms with van der Waals surface area (Å²) < 4.78 is 0. The summed E-state index contributed by atoms with van der Waals surface area (Å²) in [6.45, 7) is 11.9. The lowest BCUT2D eigenvalue weighted by Gasteiger charge is -2.21. The summed E-state index contributed by atoms with van der Waals surface area (Å²) in [6.07, 6.45) is 4.06. The van der Waals surface area contributed by atoms with E-state index in [1.54, 1.807) is 0 Å². The van der Waals surface area contributed by atoms with Crippen LogP contribution in [0.3, 0.4) is 0 Å². The van der Waals surface area contributed by atoms with Gasteiger partial charge in [0, 0.05) is 0 Å². The minimum atomic E-state index is -0.214. The predicted molar refractivity (Wildman–Crippen MR) is 82.5 cm³/mol. The highest BCUT2D eigenvalue weighted by Gasteiger charge is 2.17. The van der Waals surface area contributed by atoms with E-state index in [9.17, 15) is 4.79 Å². The van der Waals surface area contributed by atoms with E-state index in [2.05, 4.69) is 39.6 Å². The zero-order chi connectivity index (χ0) is 14.6. The van der Waals surface area contributed by atoms with Gasteiger partial charge in [0.25, 0.3) is 0 Å². The summed E-state index contributed by atoms with van der Waals surface area (Å²) in [5.74, 6) is -0.214. The largest absolute Gasteiger partial charge is 0.397 e. The van der Waals surface area contributed by atoms with Crippen LogP contribution in [-0.4, -0.2) is 5.91 Å². The number of nitrogens with one attached hydrogen (secondary N) is 1. The van der Waals surface area contributed by atoms with Gasteiger partial charge in [0.05, 0.1) is 11.4 Å². The predicted octanol–water partition coefficient (Wildman–Crippen LogP) is 3.53. The number of rotatable bonds is 5. The van der Waals surface area contributed by atoms with Crippen molar-refractivity contribution in [2.75, 3.05) is 11.1 Å². The Labute approximate surface area is 115 Å². The fraction of sp³-hybridized carbons (Fsp3) is 0.438.